The molecule has 0 fully saturated rings. The van der Waals surface area contributed by atoms with Crippen molar-refractivity contribution in [3.05, 3.63) is 187 Å². The van der Waals surface area contributed by atoms with E-state index in [1.165, 1.54) is 61.1 Å². The standard InChI is InChI=1S/C44H36N2/c1-3-17-37(18-4-1)45(43-23-11-15-35-13-7-9-21-41(35)43)39-29-25-33(26-30-39)34-27-31-40(32-28-34)46(38-19-5-2-6-20-38)44-24-12-16-36-14-8-10-22-42(36)44/h1,3-5,7-29,31-32,39H,2,6,30H2. The number of benzene rings is 6. The first-order chi connectivity index (χ1) is 22.8. The number of allylic oxidation sites excluding steroid dienone is 5. The molecule has 0 heterocycles. The highest BCUT2D eigenvalue weighted by atomic mass is 15.2. The Kier molecular flexibility index (Phi) is 7.54. The highest BCUT2D eigenvalue weighted by Crippen LogP contribution is 2.39. The number of hydrogen-bond donors (Lipinski definition) is 0. The second-order valence-corrected chi connectivity index (χ2v) is 12.0. The average molecular weight is 593 g/mol. The van der Waals surface area contributed by atoms with Crippen LogP contribution in [0.25, 0.3) is 27.1 Å². The van der Waals surface area contributed by atoms with Crippen LogP contribution in [0.3, 0.4) is 0 Å². The molecular weight excluding hydrogens is 556 g/mol. The van der Waals surface area contributed by atoms with E-state index in [9.17, 15) is 0 Å². The topological polar surface area (TPSA) is 6.48 Å². The lowest BCUT2D eigenvalue weighted by Gasteiger charge is -2.34. The van der Waals surface area contributed by atoms with Gasteiger partial charge < -0.3 is 9.80 Å². The molecule has 0 radical (unpaired) electrons. The molecule has 2 aliphatic rings. The fraction of sp³-hybridized carbons (Fsp3) is 0.0909. The monoisotopic (exact) mass is 592 g/mol. The Balaban J connectivity index is 1.11. The van der Waals surface area contributed by atoms with E-state index >= 15 is 0 Å². The van der Waals surface area contributed by atoms with E-state index in [2.05, 4.69) is 186 Å². The molecule has 0 aromatic heterocycles. The second kappa shape index (κ2) is 12.4. The molecule has 0 aliphatic heterocycles. The molecule has 1 atom stereocenters. The SMILES string of the molecule is C1=CC(N(c2ccc(C3=CCC(N(c4ccccc4)c4cccc5ccccc45)C=C3)cc2)c2cccc3ccccc23)=CCC1. The van der Waals surface area contributed by atoms with Gasteiger partial charge in [-0.05, 0) is 83.6 Å². The van der Waals surface area contributed by atoms with Gasteiger partial charge in [0.2, 0.25) is 0 Å². The largest absolute Gasteiger partial charge is 0.334 e. The molecule has 222 valence electrons. The number of fused-ring (bicyclic) bond motifs is 2. The number of hydrogen-bond acceptors (Lipinski definition) is 2. The third-order valence-corrected chi connectivity index (χ3v) is 9.17. The van der Waals surface area contributed by atoms with Crippen LogP contribution in [0.5, 0.6) is 0 Å². The molecular formula is C44H36N2. The van der Waals surface area contributed by atoms with Crippen molar-refractivity contribution in [3.63, 3.8) is 0 Å². The molecule has 0 spiro atoms. The van der Waals surface area contributed by atoms with Crippen molar-refractivity contribution in [1.29, 1.82) is 0 Å². The summed E-state index contributed by atoms with van der Waals surface area (Å²) in [7, 11) is 0. The van der Waals surface area contributed by atoms with Gasteiger partial charge in [-0.2, -0.15) is 0 Å². The third kappa shape index (κ3) is 5.33. The van der Waals surface area contributed by atoms with Gasteiger partial charge in [-0.15, -0.1) is 0 Å². The first-order valence-electron chi connectivity index (χ1n) is 16.3. The van der Waals surface area contributed by atoms with E-state index in [0.29, 0.717) is 0 Å². The maximum absolute atomic E-state index is 2.49. The van der Waals surface area contributed by atoms with Crippen LogP contribution in [0.15, 0.2) is 182 Å². The zero-order valence-electron chi connectivity index (χ0n) is 25.8. The van der Waals surface area contributed by atoms with Gasteiger partial charge in [0.1, 0.15) is 0 Å². The van der Waals surface area contributed by atoms with E-state index in [4.69, 9.17) is 0 Å². The molecule has 0 N–H and O–H groups in total. The molecule has 2 nitrogen and oxygen atoms in total. The number of para-hydroxylation sites is 1. The summed E-state index contributed by atoms with van der Waals surface area (Å²) in [4.78, 5) is 4.90. The quantitative estimate of drug-likeness (QED) is 0.182. The molecule has 8 rings (SSSR count). The normalized spacial score (nSPS) is 15.9. The summed E-state index contributed by atoms with van der Waals surface area (Å²) < 4.78 is 0. The third-order valence-electron chi connectivity index (χ3n) is 9.17. The molecule has 6 aromatic rings. The number of nitrogens with zero attached hydrogens (tertiary/aromatic N) is 2. The summed E-state index contributed by atoms with van der Waals surface area (Å²) in [6.07, 6.45) is 17.1. The predicted octanol–water partition coefficient (Wildman–Crippen LogP) is 11.9. The molecule has 0 saturated heterocycles. The summed E-state index contributed by atoms with van der Waals surface area (Å²) in [6.45, 7) is 0. The summed E-state index contributed by atoms with van der Waals surface area (Å²) >= 11 is 0. The highest BCUT2D eigenvalue weighted by Gasteiger charge is 2.22. The van der Waals surface area contributed by atoms with E-state index in [1.54, 1.807) is 0 Å². The van der Waals surface area contributed by atoms with Crippen molar-refractivity contribution in [1.82, 2.24) is 0 Å². The Morgan fingerprint density at radius 3 is 1.83 bits per heavy atom. The maximum Gasteiger partial charge on any atom is 0.0560 e. The molecule has 2 aliphatic carbocycles. The Labute approximate surface area is 271 Å². The fourth-order valence-electron chi connectivity index (χ4n) is 6.93. The van der Waals surface area contributed by atoms with Crippen LogP contribution in [-0.4, -0.2) is 6.04 Å². The summed E-state index contributed by atoms with van der Waals surface area (Å²) in [5.41, 5.74) is 8.54. The van der Waals surface area contributed by atoms with Gasteiger partial charge in [0.15, 0.2) is 0 Å². The van der Waals surface area contributed by atoms with Gasteiger partial charge in [0, 0.05) is 33.5 Å². The molecule has 2 heteroatoms. The van der Waals surface area contributed by atoms with E-state index in [0.717, 1.165) is 19.3 Å². The number of rotatable bonds is 7. The first-order valence-corrected chi connectivity index (χ1v) is 16.3. The Morgan fingerprint density at radius 2 is 1.15 bits per heavy atom. The van der Waals surface area contributed by atoms with Crippen molar-refractivity contribution in [2.45, 2.75) is 25.3 Å². The van der Waals surface area contributed by atoms with Gasteiger partial charge in [-0.25, -0.2) is 0 Å². The minimum absolute atomic E-state index is 0.211. The Morgan fingerprint density at radius 1 is 0.500 bits per heavy atom. The Hall–Kier alpha value is -5.60. The molecule has 6 aromatic carbocycles. The second-order valence-electron chi connectivity index (χ2n) is 12.0. The maximum atomic E-state index is 2.49. The van der Waals surface area contributed by atoms with E-state index in [1.807, 2.05) is 0 Å². The molecule has 0 saturated carbocycles. The van der Waals surface area contributed by atoms with Crippen molar-refractivity contribution in [2.24, 2.45) is 0 Å². The van der Waals surface area contributed by atoms with Crippen LogP contribution in [0.1, 0.15) is 24.8 Å². The van der Waals surface area contributed by atoms with E-state index in [-0.39, 0.29) is 6.04 Å². The zero-order valence-corrected chi connectivity index (χ0v) is 25.8. The zero-order chi connectivity index (χ0) is 30.7. The van der Waals surface area contributed by atoms with Gasteiger partial charge in [0.05, 0.1) is 11.7 Å². The van der Waals surface area contributed by atoms with Crippen LogP contribution in [0.2, 0.25) is 0 Å². The van der Waals surface area contributed by atoms with Crippen molar-refractivity contribution < 1.29 is 0 Å². The summed E-state index contributed by atoms with van der Waals surface area (Å²) in [5.74, 6) is 0. The number of anilines is 4. The average Bonchev–Trinajstić information content (AvgIpc) is 3.14. The molecule has 0 bridgehead atoms. The van der Waals surface area contributed by atoms with Crippen LogP contribution in [0, 0.1) is 0 Å². The lowest BCUT2D eigenvalue weighted by Crippen LogP contribution is -2.30. The first kappa shape index (κ1) is 27.9. The van der Waals surface area contributed by atoms with Crippen molar-refractivity contribution >= 4 is 49.9 Å². The summed E-state index contributed by atoms with van der Waals surface area (Å²) in [5, 5.41) is 5.04. The van der Waals surface area contributed by atoms with Crippen molar-refractivity contribution in [2.75, 3.05) is 9.80 Å². The minimum atomic E-state index is 0.211. The lowest BCUT2D eigenvalue weighted by molar-refractivity contribution is 0.789. The van der Waals surface area contributed by atoms with Crippen molar-refractivity contribution in [3.8, 4) is 0 Å². The lowest BCUT2D eigenvalue weighted by atomic mass is 9.94. The smallest absolute Gasteiger partial charge is 0.0560 e. The Bertz CT molecular complexity index is 2120. The van der Waals surface area contributed by atoms with E-state index < -0.39 is 0 Å². The van der Waals surface area contributed by atoms with Gasteiger partial charge in [-0.1, -0.05) is 134 Å². The highest BCUT2D eigenvalue weighted by molar-refractivity contribution is 5.98. The molecule has 46 heavy (non-hydrogen) atoms. The fourth-order valence-corrected chi connectivity index (χ4v) is 6.93. The molecule has 1 unspecified atom stereocenters. The predicted molar refractivity (Wildman–Crippen MR) is 197 cm³/mol. The minimum Gasteiger partial charge on any atom is -0.334 e. The van der Waals surface area contributed by atoms with Crippen LogP contribution >= 0.6 is 0 Å². The summed E-state index contributed by atoms with van der Waals surface area (Å²) in [6, 6.07) is 50.6. The van der Waals surface area contributed by atoms with Crippen LogP contribution in [-0.2, 0) is 0 Å². The van der Waals surface area contributed by atoms with Crippen LogP contribution < -0.4 is 9.80 Å². The molecule has 0 amide bonds. The van der Waals surface area contributed by atoms with Gasteiger partial charge >= 0.3 is 0 Å². The van der Waals surface area contributed by atoms with Crippen LogP contribution in [0.4, 0.5) is 22.7 Å². The van der Waals surface area contributed by atoms with Gasteiger partial charge in [-0.3, -0.25) is 0 Å². The van der Waals surface area contributed by atoms with Gasteiger partial charge in [0.25, 0.3) is 0 Å².